The van der Waals surface area contributed by atoms with Gasteiger partial charge in [0.2, 0.25) is 0 Å². The first-order chi connectivity index (χ1) is 9.10. The molecule has 2 N–H and O–H groups in total. The molecule has 1 fully saturated rings. The lowest BCUT2D eigenvalue weighted by molar-refractivity contribution is 0.128. The highest BCUT2D eigenvalue weighted by atomic mass is 16.5. The number of rotatable bonds is 4. The molecule has 4 heteroatoms. The molecule has 0 spiro atoms. The second kappa shape index (κ2) is 6.26. The summed E-state index contributed by atoms with van der Waals surface area (Å²) in [6.07, 6.45) is 2.55. The van der Waals surface area contributed by atoms with E-state index in [0.717, 1.165) is 31.1 Å². The van der Waals surface area contributed by atoms with Gasteiger partial charge >= 0.3 is 0 Å². The van der Waals surface area contributed by atoms with Crippen molar-refractivity contribution in [3.8, 4) is 5.75 Å². The second-order valence-corrected chi connectivity index (χ2v) is 5.56. The molecule has 1 aromatic rings. The topological polar surface area (TPSA) is 41.7 Å². The zero-order valence-corrected chi connectivity index (χ0v) is 12.2. The molecular formula is C15H25N3O. The maximum Gasteiger partial charge on any atom is 0.119 e. The number of likely N-dealkylation sites (tertiary alicyclic amines) is 1. The van der Waals surface area contributed by atoms with Crippen LogP contribution >= 0.6 is 0 Å². The third-order valence-corrected chi connectivity index (χ3v) is 3.96. The normalized spacial score (nSPS) is 20.7. The van der Waals surface area contributed by atoms with Gasteiger partial charge < -0.3 is 15.4 Å². The highest BCUT2D eigenvalue weighted by Crippen LogP contribution is 2.23. The number of anilines is 1. The molecule has 1 aromatic carbocycles. The molecule has 0 aliphatic carbocycles. The molecule has 1 unspecified atom stereocenters. The minimum absolute atomic E-state index is 0.653. The van der Waals surface area contributed by atoms with Gasteiger partial charge in [0.1, 0.15) is 5.75 Å². The van der Waals surface area contributed by atoms with Gasteiger partial charge in [-0.05, 0) is 57.2 Å². The van der Waals surface area contributed by atoms with Crippen molar-refractivity contribution in [2.75, 3.05) is 40.0 Å². The molecule has 0 aromatic heterocycles. The summed E-state index contributed by atoms with van der Waals surface area (Å²) < 4.78 is 5.28. The smallest absolute Gasteiger partial charge is 0.119 e. The minimum atomic E-state index is 0.653. The number of methoxy groups -OCH3 is 1. The first kappa shape index (κ1) is 14.2. The summed E-state index contributed by atoms with van der Waals surface area (Å²) in [6.45, 7) is 3.18. The molecule has 106 valence electrons. The Hall–Kier alpha value is -1.26. The number of nitrogens with two attached hydrogens (primary N) is 1. The number of hydrogen-bond acceptors (Lipinski definition) is 4. The van der Waals surface area contributed by atoms with E-state index >= 15 is 0 Å². The lowest BCUT2D eigenvalue weighted by Gasteiger charge is -2.36. The Kier molecular flexibility index (Phi) is 4.66. The first-order valence-corrected chi connectivity index (χ1v) is 6.91. The fraction of sp³-hybridized carbons (Fsp3) is 0.600. The molecule has 1 atom stereocenters. The van der Waals surface area contributed by atoms with Gasteiger partial charge in [0.05, 0.1) is 7.11 Å². The van der Waals surface area contributed by atoms with Gasteiger partial charge in [0, 0.05) is 24.8 Å². The zero-order chi connectivity index (χ0) is 13.8. The molecule has 0 amide bonds. The van der Waals surface area contributed by atoms with Crippen molar-refractivity contribution in [3.05, 3.63) is 23.8 Å². The van der Waals surface area contributed by atoms with Crippen molar-refractivity contribution < 1.29 is 4.74 Å². The van der Waals surface area contributed by atoms with E-state index in [1.807, 2.05) is 12.1 Å². The van der Waals surface area contributed by atoms with E-state index < -0.39 is 0 Å². The van der Waals surface area contributed by atoms with Crippen molar-refractivity contribution >= 4 is 5.69 Å². The van der Waals surface area contributed by atoms with Gasteiger partial charge in [-0.3, -0.25) is 4.90 Å². The Morgan fingerprint density at radius 3 is 2.89 bits per heavy atom. The quantitative estimate of drug-likeness (QED) is 0.841. The molecule has 0 saturated carbocycles. The van der Waals surface area contributed by atoms with Gasteiger partial charge in [-0.25, -0.2) is 0 Å². The van der Waals surface area contributed by atoms with E-state index in [-0.39, 0.29) is 0 Å². The lowest BCUT2D eigenvalue weighted by atomic mass is 10.0. The Labute approximate surface area is 116 Å². The van der Waals surface area contributed by atoms with Crippen molar-refractivity contribution in [2.24, 2.45) is 0 Å². The Bertz CT molecular complexity index is 420. The van der Waals surface area contributed by atoms with Crippen LogP contribution in [0.2, 0.25) is 0 Å². The SMILES string of the molecule is COc1ccc(N)c(CN2CCCC(N(C)C)C2)c1. The molecule has 1 aliphatic rings. The Morgan fingerprint density at radius 1 is 1.42 bits per heavy atom. The Balaban J connectivity index is 2.04. The molecule has 0 bridgehead atoms. The van der Waals surface area contributed by atoms with Crippen LogP contribution in [0.4, 0.5) is 5.69 Å². The van der Waals surface area contributed by atoms with Crippen molar-refractivity contribution in [1.29, 1.82) is 0 Å². The number of nitrogens with zero attached hydrogens (tertiary/aromatic N) is 2. The van der Waals surface area contributed by atoms with E-state index in [2.05, 4.69) is 30.0 Å². The summed E-state index contributed by atoms with van der Waals surface area (Å²) in [5.74, 6) is 0.880. The van der Waals surface area contributed by atoms with Crippen LogP contribution < -0.4 is 10.5 Å². The first-order valence-electron chi connectivity index (χ1n) is 6.91. The molecule has 4 nitrogen and oxygen atoms in total. The number of ether oxygens (including phenoxy) is 1. The Morgan fingerprint density at radius 2 is 2.21 bits per heavy atom. The number of piperidine rings is 1. The van der Waals surface area contributed by atoms with Crippen molar-refractivity contribution in [3.63, 3.8) is 0 Å². The third-order valence-electron chi connectivity index (χ3n) is 3.96. The lowest BCUT2D eigenvalue weighted by Crippen LogP contribution is -2.44. The van der Waals surface area contributed by atoms with Crippen LogP contribution in [0.15, 0.2) is 18.2 Å². The van der Waals surface area contributed by atoms with Gasteiger partial charge in [-0.1, -0.05) is 0 Å². The zero-order valence-electron chi connectivity index (χ0n) is 12.2. The molecular weight excluding hydrogens is 238 g/mol. The highest BCUT2D eigenvalue weighted by molar-refractivity contribution is 5.50. The summed E-state index contributed by atoms with van der Waals surface area (Å²) in [7, 11) is 6.01. The van der Waals surface area contributed by atoms with Gasteiger partial charge in [-0.2, -0.15) is 0 Å². The monoisotopic (exact) mass is 263 g/mol. The van der Waals surface area contributed by atoms with Gasteiger partial charge in [0.25, 0.3) is 0 Å². The van der Waals surface area contributed by atoms with E-state index in [4.69, 9.17) is 10.5 Å². The van der Waals surface area contributed by atoms with Crippen LogP contribution in [0.25, 0.3) is 0 Å². The van der Waals surface area contributed by atoms with Crippen LogP contribution in [-0.2, 0) is 6.54 Å². The second-order valence-electron chi connectivity index (χ2n) is 5.56. The molecule has 2 rings (SSSR count). The van der Waals surface area contributed by atoms with Crippen LogP contribution in [0.3, 0.4) is 0 Å². The predicted molar refractivity (Wildman–Crippen MR) is 79.4 cm³/mol. The molecule has 1 aliphatic heterocycles. The maximum absolute atomic E-state index is 6.06. The van der Waals surface area contributed by atoms with Crippen LogP contribution in [0.5, 0.6) is 5.75 Å². The predicted octanol–water partition coefficient (Wildman–Crippen LogP) is 1.80. The standard InChI is InChI=1S/C15H25N3O/c1-17(2)13-5-4-8-18(11-13)10-12-9-14(19-3)6-7-15(12)16/h6-7,9,13H,4-5,8,10-11,16H2,1-3H3. The number of hydrogen-bond donors (Lipinski definition) is 1. The highest BCUT2D eigenvalue weighted by Gasteiger charge is 2.21. The van der Waals surface area contributed by atoms with E-state index in [9.17, 15) is 0 Å². The maximum atomic E-state index is 6.06. The summed E-state index contributed by atoms with van der Waals surface area (Å²) in [4.78, 5) is 4.81. The number of likely N-dealkylation sites (N-methyl/N-ethyl adjacent to an activating group) is 1. The fourth-order valence-corrected chi connectivity index (χ4v) is 2.68. The summed E-state index contributed by atoms with van der Waals surface area (Å²) >= 11 is 0. The van der Waals surface area contributed by atoms with E-state index in [1.54, 1.807) is 7.11 Å². The van der Waals surface area contributed by atoms with Crippen LogP contribution in [0.1, 0.15) is 18.4 Å². The molecule has 19 heavy (non-hydrogen) atoms. The average molecular weight is 263 g/mol. The number of benzene rings is 1. The molecule has 1 heterocycles. The van der Waals surface area contributed by atoms with Crippen molar-refractivity contribution in [2.45, 2.75) is 25.4 Å². The van der Waals surface area contributed by atoms with Gasteiger partial charge in [0.15, 0.2) is 0 Å². The summed E-state index contributed by atoms with van der Waals surface area (Å²) in [5, 5.41) is 0. The number of nitrogen functional groups attached to an aromatic ring is 1. The van der Waals surface area contributed by atoms with Crippen LogP contribution in [0, 0.1) is 0 Å². The average Bonchev–Trinajstić information content (AvgIpc) is 2.41. The largest absolute Gasteiger partial charge is 0.497 e. The molecule has 0 radical (unpaired) electrons. The van der Waals surface area contributed by atoms with Gasteiger partial charge in [-0.15, -0.1) is 0 Å². The third kappa shape index (κ3) is 3.61. The van der Waals surface area contributed by atoms with E-state index in [0.29, 0.717) is 6.04 Å². The minimum Gasteiger partial charge on any atom is -0.497 e. The van der Waals surface area contributed by atoms with E-state index in [1.165, 1.54) is 18.4 Å². The van der Waals surface area contributed by atoms with Crippen LogP contribution in [-0.4, -0.2) is 50.1 Å². The fourth-order valence-electron chi connectivity index (χ4n) is 2.68. The summed E-state index contributed by atoms with van der Waals surface area (Å²) in [5.41, 5.74) is 8.08. The van der Waals surface area contributed by atoms with Crippen molar-refractivity contribution in [1.82, 2.24) is 9.80 Å². The molecule has 1 saturated heterocycles. The summed E-state index contributed by atoms with van der Waals surface area (Å²) in [6, 6.07) is 6.55.